The van der Waals surface area contributed by atoms with Crippen LogP contribution in [0.4, 0.5) is 10.1 Å². The van der Waals surface area contributed by atoms with Crippen LogP contribution in [0.25, 0.3) is 0 Å². The number of anilines is 1. The summed E-state index contributed by atoms with van der Waals surface area (Å²) in [6.45, 7) is 0.537. The van der Waals surface area contributed by atoms with Gasteiger partial charge in [-0.2, -0.15) is 5.10 Å². The van der Waals surface area contributed by atoms with Crippen LogP contribution in [-0.4, -0.2) is 22.3 Å². The number of carbonyl (C=O) groups is 1. The molecule has 122 valence electrons. The molecule has 0 aliphatic heterocycles. The summed E-state index contributed by atoms with van der Waals surface area (Å²) in [7, 11) is 0. The van der Waals surface area contributed by atoms with Crippen molar-refractivity contribution in [2.24, 2.45) is 0 Å². The van der Waals surface area contributed by atoms with Crippen molar-refractivity contribution in [2.45, 2.75) is 6.54 Å². The van der Waals surface area contributed by atoms with Gasteiger partial charge in [0.15, 0.2) is 6.61 Å². The van der Waals surface area contributed by atoms with E-state index in [0.717, 1.165) is 5.56 Å². The molecule has 5 nitrogen and oxygen atoms in total. The van der Waals surface area contributed by atoms with E-state index in [2.05, 4.69) is 10.4 Å². The Bertz CT molecular complexity index is 784. The number of ether oxygens (including phenoxy) is 1. The zero-order chi connectivity index (χ0) is 16.8. The van der Waals surface area contributed by atoms with Gasteiger partial charge < -0.3 is 10.1 Å². The number of benzene rings is 2. The molecule has 6 heteroatoms. The summed E-state index contributed by atoms with van der Waals surface area (Å²) in [6, 6.07) is 14.9. The summed E-state index contributed by atoms with van der Waals surface area (Å²) >= 11 is 0. The zero-order valence-corrected chi connectivity index (χ0v) is 12.9. The number of nitrogens with zero attached hydrogens (tertiary/aromatic N) is 2. The Morgan fingerprint density at radius 1 is 1.12 bits per heavy atom. The maximum Gasteiger partial charge on any atom is 0.262 e. The minimum Gasteiger partial charge on any atom is -0.484 e. The van der Waals surface area contributed by atoms with Crippen molar-refractivity contribution in [3.63, 3.8) is 0 Å². The number of hydrogen-bond acceptors (Lipinski definition) is 3. The van der Waals surface area contributed by atoms with Gasteiger partial charge in [0, 0.05) is 18.1 Å². The number of aromatic nitrogens is 2. The molecule has 0 bridgehead atoms. The Labute approximate surface area is 138 Å². The van der Waals surface area contributed by atoms with E-state index in [4.69, 9.17) is 4.74 Å². The third kappa shape index (κ3) is 4.42. The molecule has 0 atom stereocenters. The normalized spacial score (nSPS) is 10.4. The van der Waals surface area contributed by atoms with E-state index in [1.54, 1.807) is 6.20 Å². The van der Waals surface area contributed by atoms with Crippen LogP contribution in [0.3, 0.4) is 0 Å². The lowest BCUT2D eigenvalue weighted by atomic mass is 10.2. The summed E-state index contributed by atoms with van der Waals surface area (Å²) in [4.78, 5) is 11.9. The van der Waals surface area contributed by atoms with Crippen LogP contribution in [0.1, 0.15) is 5.56 Å². The topological polar surface area (TPSA) is 56.1 Å². The van der Waals surface area contributed by atoms with Crippen molar-refractivity contribution in [2.75, 3.05) is 11.9 Å². The minimum absolute atomic E-state index is 0.138. The molecule has 0 spiro atoms. The molecule has 0 fully saturated rings. The van der Waals surface area contributed by atoms with Crippen LogP contribution in [0.5, 0.6) is 5.75 Å². The molecule has 1 amide bonds. The summed E-state index contributed by atoms with van der Waals surface area (Å²) in [6.07, 6.45) is 3.62. The van der Waals surface area contributed by atoms with Crippen LogP contribution in [-0.2, 0) is 11.3 Å². The number of hydrogen-bond donors (Lipinski definition) is 1. The Balaban J connectivity index is 1.49. The van der Waals surface area contributed by atoms with E-state index >= 15 is 0 Å². The summed E-state index contributed by atoms with van der Waals surface area (Å²) in [5.74, 6) is -0.178. The largest absolute Gasteiger partial charge is 0.484 e. The van der Waals surface area contributed by atoms with Crippen LogP contribution in [0, 0.1) is 5.82 Å². The lowest BCUT2D eigenvalue weighted by molar-refractivity contribution is -0.118. The maximum atomic E-state index is 12.8. The number of amides is 1. The van der Waals surface area contributed by atoms with Gasteiger partial charge in [0.2, 0.25) is 0 Å². The summed E-state index contributed by atoms with van der Waals surface area (Å²) < 4.78 is 19.9. The fourth-order valence-electron chi connectivity index (χ4n) is 2.15. The first-order valence-electron chi connectivity index (χ1n) is 7.44. The highest BCUT2D eigenvalue weighted by Gasteiger charge is 2.04. The zero-order valence-electron chi connectivity index (χ0n) is 12.9. The van der Waals surface area contributed by atoms with Gasteiger partial charge >= 0.3 is 0 Å². The molecule has 0 aliphatic carbocycles. The van der Waals surface area contributed by atoms with Gasteiger partial charge in [-0.3, -0.25) is 9.48 Å². The van der Waals surface area contributed by atoms with Crippen molar-refractivity contribution in [3.8, 4) is 5.75 Å². The standard InChI is InChI=1S/C18H16FN3O2/c19-15-4-8-17(9-5-15)24-13-18(23)21-16-6-2-14(3-7-16)12-22-11-1-10-20-22/h1-11H,12-13H2,(H,21,23). The smallest absolute Gasteiger partial charge is 0.262 e. The quantitative estimate of drug-likeness (QED) is 0.758. The van der Waals surface area contributed by atoms with Crippen molar-refractivity contribution in [3.05, 3.63) is 78.4 Å². The second-order valence-corrected chi connectivity index (χ2v) is 5.19. The average molecular weight is 325 g/mol. The van der Waals surface area contributed by atoms with Gasteiger partial charge in [0.25, 0.3) is 5.91 Å². The van der Waals surface area contributed by atoms with Crippen LogP contribution < -0.4 is 10.1 Å². The molecule has 24 heavy (non-hydrogen) atoms. The summed E-state index contributed by atoms with van der Waals surface area (Å²) in [5, 5.41) is 6.90. The van der Waals surface area contributed by atoms with Crippen molar-refractivity contribution >= 4 is 11.6 Å². The lowest BCUT2D eigenvalue weighted by Gasteiger charge is -2.08. The SMILES string of the molecule is O=C(COc1ccc(F)cc1)Nc1ccc(Cn2cccn2)cc1. The minimum atomic E-state index is -0.345. The second-order valence-electron chi connectivity index (χ2n) is 5.19. The van der Waals surface area contributed by atoms with Crippen molar-refractivity contribution in [1.82, 2.24) is 9.78 Å². The number of halogens is 1. The molecule has 0 saturated carbocycles. The van der Waals surface area contributed by atoms with Gasteiger partial charge in [0.05, 0.1) is 6.54 Å². The highest BCUT2D eigenvalue weighted by Crippen LogP contribution is 2.12. The molecule has 2 aromatic carbocycles. The molecule has 0 radical (unpaired) electrons. The van der Waals surface area contributed by atoms with Gasteiger partial charge in [-0.1, -0.05) is 12.1 Å². The number of rotatable bonds is 6. The summed E-state index contributed by atoms with van der Waals surface area (Å²) in [5.41, 5.74) is 1.77. The Kier molecular flexibility index (Phi) is 4.86. The fourth-order valence-corrected chi connectivity index (χ4v) is 2.15. The molecule has 1 heterocycles. The molecule has 1 aromatic heterocycles. The first-order chi connectivity index (χ1) is 11.7. The maximum absolute atomic E-state index is 12.8. The van der Waals surface area contributed by atoms with E-state index in [1.807, 2.05) is 41.2 Å². The van der Waals surface area contributed by atoms with Crippen LogP contribution >= 0.6 is 0 Å². The Morgan fingerprint density at radius 2 is 1.88 bits per heavy atom. The molecule has 3 aromatic rings. The van der Waals surface area contributed by atoms with Gasteiger partial charge in [-0.05, 0) is 48.0 Å². The number of carbonyl (C=O) groups excluding carboxylic acids is 1. The molecule has 1 N–H and O–H groups in total. The first-order valence-corrected chi connectivity index (χ1v) is 7.44. The van der Waals surface area contributed by atoms with Gasteiger partial charge in [0.1, 0.15) is 11.6 Å². The molecular formula is C18H16FN3O2. The van der Waals surface area contributed by atoms with Crippen LogP contribution in [0.15, 0.2) is 67.0 Å². The predicted octanol–water partition coefficient (Wildman–Crippen LogP) is 3.09. The molecular weight excluding hydrogens is 309 g/mol. The van der Waals surface area contributed by atoms with Gasteiger partial charge in [-0.25, -0.2) is 4.39 Å². The highest BCUT2D eigenvalue weighted by atomic mass is 19.1. The fraction of sp³-hybridized carbons (Fsp3) is 0.111. The van der Waals surface area contributed by atoms with E-state index in [-0.39, 0.29) is 18.3 Å². The lowest BCUT2D eigenvalue weighted by Crippen LogP contribution is -2.20. The highest BCUT2D eigenvalue weighted by molar-refractivity contribution is 5.91. The van der Waals surface area contributed by atoms with Crippen LogP contribution in [0.2, 0.25) is 0 Å². The Morgan fingerprint density at radius 3 is 2.54 bits per heavy atom. The average Bonchev–Trinajstić information content (AvgIpc) is 3.09. The third-order valence-electron chi connectivity index (χ3n) is 3.33. The van der Waals surface area contributed by atoms with E-state index in [9.17, 15) is 9.18 Å². The molecule has 3 rings (SSSR count). The first kappa shape index (κ1) is 15.7. The Hall–Kier alpha value is -3.15. The molecule has 0 aliphatic rings. The number of nitrogens with one attached hydrogen (secondary N) is 1. The van der Waals surface area contributed by atoms with Gasteiger partial charge in [-0.15, -0.1) is 0 Å². The molecule has 0 saturated heterocycles. The second kappa shape index (κ2) is 7.41. The molecule has 0 unspecified atom stereocenters. The monoisotopic (exact) mass is 325 g/mol. The van der Waals surface area contributed by atoms with Crippen molar-refractivity contribution < 1.29 is 13.9 Å². The van der Waals surface area contributed by atoms with E-state index in [0.29, 0.717) is 18.0 Å². The predicted molar refractivity (Wildman–Crippen MR) is 88.3 cm³/mol. The third-order valence-corrected chi connectivity index (χ3v) is 3.33. The van der Waals surface area contributed by atoms with E-state index < -0.39 is 0 Å². The van der Waals surface area contributed by atoms with Crippen molar-refractivity contribution in [1.29, 1.82) is 0 Å². The van der Waals surface area contributed by atoms with E-state index in [1.165, 1.54) is 24.3 Å².